The number of carbonyl (C=O) groups excluding carboxylic acids is 1. The third-order valence-corrected chi connectivity index (χ3v) is 5.69. The number of carbonyl (C=O) groups is 1. The first-order chi connectivity index (χ1) is 14.7. The molecule has 5 nitrogen and oxygen atoms in total. The molecule has 1 aliphatic heterocycles. The number of hydrogen-bond acceptors (Lipinski definition) is 4. The Morgan fingerprint density at radius 2 is 2.00 bits per heavy atom. The van der Waals surface area contributed by atoms with Crippen LogP contribution in [0.1, 0.15) is 54.6 Å². The van der Waals surface area contributed by atoms with E-state index < -0.39 is 0 Å². The number of nitrogens with zero attached hydrogens (tertiary/aromatic N) is 3. The number of nitriles is 1. The van der Waals surface area contributed by atoms with Crippen LogP contribution in [0.25, 0.3) is 0 Å². The summed E-state index contributed by atoms with van der Waals surface area (Å²) in [5.41, 5.74) is 3.15. The van der Waals surface area contributed by atoms with Crippen molar-refractivity contribution < 1.29 is 9.53 Å². The molecule has 30 heavy (non-hydrogen) atoms. The van der Waals surface area contributed by atoms with Crippen LogP contribution >= 0.6 is 0 Å². The van der Waals surface area contributed by atoms with E-state index in [1.54, 1.807) is 24.3 Å². The molecule has 3 rings (SSSR count). The predicted octanol–water partition coefficient (Wildman–Crippen LogP) is 4.65. The third kappa shape index (κ3) is 5.40. The highest BCUT2D eigenvalue weighted by atomic mass is 16.5. The first kappa shape index (κ1) is 21.9. The van der Waals surface area contributed by atoms with Crippen LogP contribution in [-0.2, 0) is 6.42 Å². The summed E-state index contributed by atoms with van der Waals surface area (Å²) in [6.07, 6.45) is 4.03. The molecule has 0 fully saturated rings. The second-order valence-corrected chi connectivity index (χ2v) is 7.63. The summed E-state index contributed by atoms with van der Waals surface area (Å²) in [4.78, 5) is 17.3. The van der Waals surface area contributed by atoms with E-state index in [0.717, 1.165) is 62.3 Å². The van der Waals surface area contributed by atoms with E-state index in [1.165, 1.54) is 0 Å². The van der Waals surface area contributed by atoms with Gasteiger partial charge in [-0.2, -0.15) is 5.26 Å². The van der Waals surface area contributed by atoms with Gasteiger partial charge in [-0.25, -0.2) is 0 Å². The molecular weight excluding hydrogens is 374 g/mol. The molecule has 0 aliphatic carbocycles. The number of hydrogen-bond donors (Lipinski definition) is 0. The van der Waals surface area contributed by atoms with Crippen LogP contribution in [0.3, 0.4) is 0 Å². The molecule has 1 aliphatic rings. The zero-order valence-electron chi connectivity index (χ0n) is 18.1. The summed E-state index contributed by atoms with van der Waals surface area (Å²) in [5, 5.41) is 9.11. The third-order valence-electron chi connectivity index (χ3n) is 5.69. The minimum atomic E-state index is -0.0573. The molecular formula is C25H31N3O2. The average molecular weight is 406 g/mol. The van der Waals surface area contributed by atoms with Gasteiger partial charge in [0.25, 0.3) is 5.91 Å². The van der Waals surface area contributed by atoms with Gasteiger partial charge in [0.2, 0.25) is 0 Å². The molecule has 0 bridgehead atoms. The van der Waals surface area contributed by atoms with Gasteiger partial charge < -0.3 is 14.5 Å². The lowest BCUT2D eigenvalue weighted by molar-refractivity contribution is 0.0985. The lowest BCUT2D eigenvalue weighted by atomic mass is 10.00. The fourth-order valence-electron chi connectivity index (χ4n) is 3.92. The average Bonchev–Trinajstić information content (AvgIpc) is 2.80. The van der Waals surface area contributed by atoms with Crippen LogP contribution in [0.4, 0.5) is 5.69 Å². The number of fused-ring (bicyclic) bond motifs is 1. The van der Waals surface area contributed by atoms with E-state index in [1.807, 2.05) is 17.0 Å². The smallest absolute Gasteiger partial charge is 0.258 e. The van der Waals surface area contributed by atoms with Gasteiger partial charge in [-0.3, -0.25) is 4.79 Å². The predicted molar refractivity (Wildman–Crippen MR) is 120 cm³/mol. The number of unbranched alkanes of at least 4 members (excludes halogenated alkanes) is 1. The maximum atomic E-state index is 13.0. The molecule has 0 N–H and O–H groups in total. The first-order valence-electron chi connectivity index (χ1n) is 11.0. The number of ether oxygens (including phenoxy) is 1. The summed E-state index contributed by atoms with van der Waals surface area (Å²) in [6, 6.07) is 15.0. The minimum Gasteiger partial charge on any atom is -0.494 e. The summed E-state index contributed by atoms with van der Waals surface area (Å²) in [5.74, 6) is 0.815. The van der Waals surface area contributed by atoms with Gasteiger partial charge in [0.1, 0.15) is 5.75 Å². The molecule has 5 heteroatoms. The van der Waals surface area contributed by atoms with Crippen molar-refractivity contribution in [3.05, 3.63) is 59.2 Å². The van der Waals surface area contributed by atoms with Crippen molar-refractivity contribution in [1.29, 1.82) is 5.26 Å². The molecule has 0 saturated carbocycles. The summed E-state index contributed by atoms with van der Waals surface area (Å²) in [7, 11) is 0. The Hall–Kier alpha value is -2.84. The van der Waals surface area contributed by atoms with Gasteiger partial charge in [-0.05, 0) is 87.3 Å². The van der Waals surface area contributed by atoms with Crippen molar-refractivity contribution in [1.82, 2.24) is 4.90 Å². The van der Waals surface area contributed by atoms with Gasteiger partial charge in [-0.15, -0.1) is 0 Å². The highest BCUT2D eigenvalue weighted by Gasteiger charge is 2.24. The zero-order valence-corrected chi connectivity index (χ0v) is 18.1. The maximum absolute atomic E-state index is 13.0. The van der Waals surface area contributed by atoms with Crippen molar-refractivity contribution in [2.24, 2.45) is 0 Å². The second kappa shape index (κ2) is 10.8. The van der Waals surface area contributed by atoms with Crippen LogP contribution in [0.15, 0.2) is 42.5 Å². The van der Waals surface area contributed by atoms with Crippen molar-refractivity contribution in [2.45, 2.75) is 39.5 Å². The number of anilines is 1. The van der Waals surface area contributed by atoms with E-state index in [0.29, 0.717) is 24.3 Å². The summed E-state index contributed by atoms with van der Waals surface area (Å²) < 4.78 is 5.97. The Labute approximate surface area is 179 Å². The fraction of sp³-hybridized carbons (Fsp3) is 0.440. The van der Waals surface area contributed by atoms with Gasteiger partial charge >= 0.3 is 0 Å². The molecule has 0 saturated heterocycles. The summed E-state index contributed by atoms with van der Waals surface area (Å²) >= 11 is 0. The monoisotopic (exact) mass is 405 g/mol. The standard InChI is InChI=1S/C25H31N3O2/c1-3-27(4-2)14-5-6-16-30-23-12-13-24-21(18-23)11-8-15-28(24)25(29)22-10-7-9-20(17-22)19-26/h7,9-10,12-13,17-18H,3-6,8,11,14-16H2,1-2H3. The highest BCUT2D eigenvalue weighted by Crippen LogP contribution is 2.31. The molecule has 158 valence electrons. The molecule has 2 aromatic rings. The fourth-order valence-corrected chi connectivity index (χ4v) is 3.92. The molecule has 0 spiro atoms. The minimum absolute atomic E-state index is 0.0573. The van der Waals surface area contributed by atoms with Crippen LogP contribution in [0.5, 0.6) is 5.75 Å². The number of aryl methyl sites for hydroxylation is 1. The molecule has 0 atom stereocenters. The number of rotatable bonds is 9. The van der Waals surface area contributed by atoms with Gasteiger partial charge in [-0.1, -0.05) is 19.9 Å². The Kier molecular flexibility index (Phi) is 7.87. The SMILES string of the molecule is CCN(CC)CCCCOc1ccc2c(c1)CCCN2C(=O)c1cccc(C#N)c1. The van der Waals surface area contributed by atoms with Gasteiger partial charge in [0, 0.05) is 17.8 Å². The van der Waals surface area contributed by atoms with Crippen LogP contribution in [0, 0.1) is 11.3 Å². The van der Waals surface area contributed by atoms with E-state index in [4.69, 9.17) is 10.00 Å². The van der Waals surface area contributed by atoms with E-state index in [-0.39, 0.29) is 5.91 Å². The first-order valence-corrected chi connectivity index (χ1v) is 11.0. The Bertz CT molecular complexity index is 900. The van der Waals surface area contributed by atoms with Crippen molar-refractivity contribution >= 4 is 11.6 Å². The van der Waals surface area contributed by atoms with E-state index in [2.05, 4.69) is 30.9 Å². The number of amides is 1. The van der Waals surface area contributed by atoms with Gasteiger partial charge in [0.15, 0.2) is 0 Å². The van der Waals surface area contributed by atoms with Crippen LogP contribution in [0.2, 0.25) is 0 Å². The molecule has 0 aromatic heterocycles. The van der Waals surface area contributed by atoms with Crippen molar-refractivity contribution in [3.8, 4) is 11.8 Å². The Morgan fingerprint density at radius 3 is 2.77 bits per heavy atom. The zero-order chi connectivity index (χ0) is 21.3. The lowest BCUT2D eigenvalue weighted by Gasteiger charge is -2.30. The summed E-state index contributed by atoms with van der Waals surface area (Å²) in [6.45, 7) is 9.10. The van der Waals surface area contributed by atoms with Crippen LogP contribution < -0.4 is 9.64 Å². The van der Waals surface area contributed by atoms with Crippen LogP contribution in [-0.4, -0.2) is 43.6 Å². The second-order valence-electron chi connectivity index (χ2n) is 7.63. The molecule has 1 amide bonds. The highest BCUT2D eigenvalue weighted by molar-refractivity contribution is 6.07. The van der Waals surface area contributed by atoms with Crippen molar-refractivity contribution in [3.63, 3.8) is 0 Å². The van der Waals surface area contributed by atoms with Gasteiger partial charge in [0.05, 0.1) is 18.2 Å². The normalized spacial score (nSPS) is 13.1. The topological polar surface area (TPSA) is 56.6 Å². The number of benzene rings is 2. The maximum Gasteiger partial charge on any atom is 0.258 e. The Balaban J connectivity index is 1.62. The Morgan fingerprint density at radius 1 is 1.17 bits per heavy atom. The van der Waals surface area contributed by atoms with Crippen molar-refractivity contribution in [2.75, 3.05) is 37.7 Å². The molecule has 1 heterocycles. The molecule has 0 radical (unpaired) electrons. The molecule has 0 unspecified atom stereocenters. The molecule has 2 aromatic carbocycles. The largest absolute Gasteiger partial charge is 0.494 e. The van der Waals surface area contributed by atoms with E-state index in [9.17, 15) is 4.79 Å². The van der Waals surface area contributed by atoms with E-state index >= 15 is 0 Å². The quantitative estimate of drug-likeness (QED) is 0.570. The lowest BCUT2D eigenvalue weighted by Crippen LogP contribution is -2.35.